The molecule has 1 fully saturated rings. The average molecular weight is 367 g/mol. The van der Waals surface area contributed by atoms with Gasteiger partial charge in [0, 0.05) is 28.6 Å². The van der Waals surface area contributed by atoms with Gasteiger partial charge >= 0.3 is 0 Å². The van der Waals surface area contributed by atoms with E-state index in [1.54, 1.807) is 24.3 Å². The number of nitrogens with one attached hydrogen (secondary N) is 1. The number of hydrogen-bond donors (Lipinski definition) is 2. The van der Waals surface area contributed by atoms with E-state index in [0.717, 1.165) is 29.4 Å². The number of aliphatic hydroxyl groups excluding tert-OH is 1. The van der Waals surface area contributed by atoms with Gasteiger partial charge < -0.3 is 10.4 Å². The van der Waals surface area contributed by atoms with E-state index in [4.69, 9.17) is 11.6 Å². The Morgan fingerprint density at radius 2 is 1.92 bits per heavy atom. The zero-order chi connectivity index (χ0) is 18.1. The molecule has 1 aliphatic rings. The third-order valence-corrected chi connectivity index (χ3v) is 4.94. The smallest absolute Gasteiger partial charge is 0.252 e. The second-order valence-corrected chi connectivity index (χ2v) is 7.10. The van der Waals surface area contributed by atoms with Gasteiger partial charge in [-0.2, -0.15) is 0 Å². The van der Waals surface area contributed by atoms with Crippen LogP contribution in [0.15, 0.2) is 54.6 Å². The molecule has 0 radical (unpaired) electrons. The Kier molecular flexibility index (Phi) is 4.62. The first-order valence-corrected chi connectivity index (χ1v) is 9.11. The normalized spacial score (nSPS) is 15.0. The third kappa shape index (κ3) is 3.57. The molecule has 26 heavy (non-hydrogen) atoms. The van der Waals surface area contributed by atoms with Gasteiger partial charge in [0.2, 0.25) is 0 Å². The molecule has 4 rings (SSSR count). The lowest BCUT2D eigenvalue weighted by Gasteiger charge is -2.14. The largest absolute Gasteiger partial charge is 0.387 e. The van der Waals surface area contributed by atoms with Crippen molar-refractivity contribution in [3.8, 4) is 0 Å². The Hall–Kier alpha value is -2.43. The number of carbonyl (C=O) groups is 1. The molecule has 0 saturated heterocycles. The van der Waals surface area contributed by atoms with Crippen LogP contribution in [0.1, 0.15) is 46.5 Å². The van der Waals surface area contributed by atoms with E-state index in [-0.39, 0.29) is 12.5 Å². The van der Waals surface area contributed by atoms with Crippen molar-refractivity contribution in [3.05, 3.63) is 76.4 Å². The zero-order valence-electron chi connectivity index (χ0n) is 14.2. The summed E-state index contributed by atoms with van der Waals surface area (Å²) in [6, 6.07) is 16.5. The Morgan fingerprint density at radius 1 is 1.19 bits per heavy atom. The van der Waals surface area contributed by atoms with Gasteiger partial charge in [0.25, 0.3) is 5.91 Å². The topological polar surface area (TPSA) is 62.2 Å². The first-order valence-electron chi connectivity index (χ1n) is 8.73. The molecule has 1 atom stereocenters. The molecule has 1 amide bonds. The second kappa shape index (κ2) is 7.06. The number of pyridine rings is 1. The van der Waals surface area contributed by atoms with Crippen molar-refractivity contribution < 1.29 is 9.90 Å². The zero-order valence-corrected chi connectivity index (χ0v) is 14.9. The van der Waals surface area contributed by atoms with Gasteiger partial charge in [0.15, 0.2) is 0 Å². The van der Waals surface area contributed by atoms with E-state index < -0.39 is 6.10 Å². The molecule has 0 spiro atoms. The highest BCUT2D eigenvalue weighted by Crippen LogP contribution is 2.40. The maximum absolute atomic E-state index is 12.8. The summed E-state index contributed by atoms with van der Waals surface area (Å²) in [6.45, 7) is 0.135. The van der Waals surface area contributed by atoms with Crippen molar-refractivity contribution in [2.24, 2.45) is 0 Å². The van der Waals surface area contributed by atoms with Crippen LogP contribution < -0.4 is 5.32 Å². The van der Waals surface area contributed by atoms with Gasteiger partial charge in [-0.3, -0.25) is 9.78 Å². The fourth-order valence-electron chi connectivity index (χ4n) is 3.06. The molecule has 2 N–H and O–H groups in total. The highest BCUT2D eigenvalue weighted by molar-refractivity contribution is 6.30. The van der Waals surface area contributed by atoms with Crippen molar-refractivity contribution in [1.82, 2.24) is 10.3 Å². The number of hydrogen-bond acceptors (Lipinski definition) is 3. The van der Waals surface area contributed by atoms with Crippen LogP contribution in [0, 0.1) is 0 Å². The maximum atomic E-state index is 12.8. The van der Waals surface area contributed by atoms with Crippen LogP contribution in [-0.4, -0.2) is 22.5 Å². The van der Waals surface area contributed by atoms with Gasteiger partial charge in [-0.05, 0) is 42.7 Å². The Morgan fingerprint density at radius 3 is 2.65 bits per heavy atom. The molecule has 1 aromatic heterocycles. The predicted molar refractivity (Wildman–Crippen MR) is 102 cm³/mol. The predicted octanol–water partition coefficient (Wildman–Crippen LogP) is 4.23. The minimum atomic E-state index is -0.785. The van der Waals surface area contributed by atoms with E-state index in [2.05, 4.69) is 10.3 Å². The molecule has 5 heteroatoms. The lowest BCUT2D eigenvalue weighted by atomic mass is 10.0. The molecule has 1 heterocycles. The third-order valence-electron chi connectivity index (χ3n) is 4.69. The summed E-state index contributed by atoms with van der Waals surface area (Å²) in [4.78, 5) is 17.5. The van der Waals surface area contributed by atoms with Crippen LogP contribution in [0.5, 0.6) is 0 Å². The molecule has 132 valence electrons. The molecule has 3 aromatic rings. The fourth-order valence-corrected chi connectivity index (χ4v) is 3.19. The number of halogens is 1. The molecule has 0 bridgehead atoms. The number of nitrogens with zero attached hydrogens (tertiary/aromatic N) is 1. The highest BCUT2D eigenvalue weighted by Gasteiger charge is 2.27. The molecule has 0 aliphatic heterocycles. The Balaban J connectivity index is 1.55. The van der Waals surface area contributed by atoms with E-state index in [1.807, 2.05) is 30.3 Å². The van der Waals surface area contributed by atoms with Crippen molar-refractivity contribution in [2.45, 2.75) is 24.9 Å². The van der Waals surface area contributed by atoms with Crippen LogP contribution in [0.2, 0.25) is 5.02 Å². The number of benzene rings is 2. The highest BCUT2D eigenvalue weighted by atomic mass is 35.5. The van der Waals surface area contributed by atoms with Crippen LogP contribution in [0.4, 0.5) is 0 Å². The standard InChI is InChI=1S/C21H19ClN2O2/c22-15-9-7-14(8-10-15)20(25)12-23-21(26)17-11-19(13-5-6-13)24-18-4-2-1-3-16(17)18/h1-4,7-11,13,20,25H,5-6,12H2,(H,23,26). The average Bonchev–Trinajstić information content (AvgIpc) is 3.51. The van der Waals surface area contributed by atoms with Crippen LogP contribution >= 0.6 is 11.6 Å². The maximum Gasteiger partial charge on any atom is 0.252 e. The molecular formula is C21H19ClN2O2. The summed E-state index contributed by atoms with van der Waals surface area (Å²) in [5, 5.41) is 14.6. The lowest BCUT2D eigenvalue weighted by molar-refractivity contribution is 0.0918. The lowest BCUT2D eigenvalue weighted by Crippen LogP contribution is -2.28. The molecule has 1 saturated carbocycles. The second-order valence-electron chi connectivity index (χ2n) is 6.66. The van der Waals surface area contributed by atoms with Gasteiger partial charge in [0.05, 0.1) is 17.2 Å². The van der Waals surface area contributed by atoms with Crippen LogP contribution in [-0.2, 0) is 0 Å². The monoisotopic (exact) mass is 366 g/mol. The van der Waals surface area contributed by atoms with E-state index in [1.165, 1.54) is 0 Å². The number of rotatable bonds is 5. The minimum absolute atomic E-state index is 0.135. The van der Waals surface area contributed by atoms with Gasteiger partial charge in [0.1, 0.15) is 0 Å². The molecule has 1 aliphatic carbocycles. The Labute approximate surface area is 156 Å². The molecular weight excluding hydrogens is 348 g/mol. The van der Waals surface area contributed by atoms with Crippen LogP contribution in [0.25, 0.3) is 10.9 Å². The summed E-state index contributed by atoms with van der Waals surface area (Å²) in [7, 11) is 0. The number of aliphatic hydroxyl groups is 1. The first-order chi connectivity index (χ1) is 12.6. The van der Waals surface area contributed by atoms with Crippen molar-refractivity contribution >= 4 is 28.4 Å². The molecule has 1 unspecified atom stereocenters. The van der Waals surface area contributed by atoms with Gasteiger partial charge in [-0.15, -0.1) is 0 Å². The summed E-state index contributed by atoms with van der Waals surface area (Å²) >= 11 is 5.87. The van der Waals surface area contributed by atoms with Crippen molar-refractivity contribution in [3.63, 3.8) is 0 Å². The van der Waals surface area contributed by atoms with Crippen molar-refractivity contribution in [1.29, 1.82) is 0 Å². The summed E-state index contributed by atoms with van der Waals surface area (Å²) in [5.41, 5.74) is 3.14. The van der Waals surface area contributed by atoms with E-state index in [9.17, 15) is 9.90 Å². The number of fused-ring (bicyclic) bond motifs is 1. The number of amides is 1. The van der Waals surface area contributed by atoms with Crippen LogP contribution in [0.3, 0.4) is 0 Å². The minimum Gasteiger partial charge on any atom is -0.387 e. The SMILES string of the molecule is O=C(NCC(O)c1ccc(Cl)cc1)c1cc(C2CC2)nc2ccccc12. The number of carbonyl (C=O) groups excluding carboxylic acids is 1. The molecule has 2 aromatic carbocycles. The first kappa shape index (κ1) is 17.0. The summed E-state index contributed by atoms with van der Waals surface area (Å²) in [6.07, 6.45) is 1.47. The molecule has 4 nitrogen and oxygen atoms in total. The van der Waals surface area contributed by atoms with Gasteiger partial charge in [-0.25, -0.2) is 0 Å². The van der Waals surface area contributed by atoms with E-state index >= 15 is 0 Å². The quantitative estimate of drug-likeness (QED) is 0.710. The number of aromatic nitrogens is 1. The van der Waals surface area contributed by atoms with Gasteiger partial charge in [-0.1, -0.05) is 41.9 Å². The van der Waals surface area contributed by atoms with Crippen molar-refractivity contribution in [2.75, 3.05) is 6.54 Å². The number of para-hydroxylation sites is 1. The van der Waals surface area contributed by atoms with E-state index in [0.29, 0.717) is 22.1 Å². The summed E-state index contributed by atoms with van der Waals surface area (Å²) in [5.74, 6) is 0.268. The Bertz CT molecular complexity index is 952. The summed E-state index contributed by atoms with van der Waals surface area (Å²) < 4.78 is 0. The fraction of sp³-hybridized carbons (Fsp3) is 0.238.